The topological polar surface area (TPSA) is 84.1 Å². The number of esters is 1. The fourth-order valence-electron chi connectivity index (χ4n) is 2.38. The van der Waals surface area contributed by atoms with Gasteiger partial charge in [-0.15, -0.1) is 0 Å². The molecule has 0 fully saturated rings. The standard InChI is InChI=1S/C16H19N3O3/c1-4-6-12-13(16(21)22-3)10(2)18-14(12)15(20)19-11-7-5-8-17-9-11/h5,7-9,18H,4,6H2,1-3H3,(H,19,20). The Labute approximate surface area is 128 Å². The molecule has 0 saturated heterocycles. The zero-order chi connectivity index (χ0) is 16.1. The van der Waals surface area contributed by atoms with Crippen LogP contribution in [0.2, 0.25) is 0 Å². The summed E-state index contributed by atoms with van der Waals surface area (Å²) < 4.78 is 4.81. The van der Waals surface area contributed by atoms with Crippen LogP contribution in [0.3, 0.4) is 0 Å². The summed E-state index contributed by atoms with van der Waals surface area (Å²) in [4.78, 5) is 31.4. The van der Waals surface area contributed by atoms with Crippen molar-refractivity contribution in [2.45, 2.75) is 26.7 Å². The number of carbonyl (C=O) groups excluding carboxylic acids is 2. The van der Waals surface area contributed by atoms with Crippen molar-refractivity contribution >= 4 is 17.6 Å². The molecule has 0 aliphatic rings. The number of ether oxygens (including phenoxy) is 1. The van der Waals surface area contributed by atoms with Crippen LogP contribution in [0.4, 0.5) is 5.69 Å². The number of amides is 1. The number of aromatic amines is 1. The van der Waals surface area contributed by atoms with Gasteiger partial charge >= 0.3 is 5.97 Å². The molecule has 0 atom stereocenters. The van der Waals surface area contributed by atoms with Crippen molar-refractivity contribution in [1.82, 2.24) is 9.97 Å². The predicted molar refractivity (Wildman–Crippen MR) is 83.1 cm³/mol. The van der Waals surface area contributed by atoms with E-state index in [1.807, 2.05) is 6.92 Å². The quantitative estimate of drug-likeness (QED) is 0.832. The largest absolute Gasteiger partial charge is 0.465 e. The number of hydrogen-bond acceptors (Lipinski definition) is 4. The third kappa shape index (κ3) is 3.16. The summed E-state index contributed by atoms with van der Waals surface area (Å²) >= 11 is 0. The second-order valence-corrected chi connectivity index (χ2v) is 4.92. The van der Waals surface area contributed by atoms with Gasteiger partial charge in [-0.1, -0.05) is 13.3 Å². The Morgan fingerprint density at radius 2 is 2.18 bits per heavy atom. The Morgan fingerprint density at radius 1 is 1.41 bits per heavy atom. The van der Waals surface area contributed by atoms with E-state index in [9.17, 15) is 9.59 Å². The first-order chi connectivity index (χ1) is 10.6. The molecular formula is C16H19N3O3. The van der Waals surface area contributed by atoms with E-state index in [1.165, 1.54) is 7.11 Å². The van der Waals surface area contributed by atoms with Crippen molar-refractivity contribution in [2.24, 2.45) is 0 Å². The Morgan fingerprint density at radius 3 is 2.77 bits per heavy atom. The van der Waals surface area contributed by atoms with Crippen molar-refractivity contribution in [3.8, 4) is 0 Å². The minimum atomic E-state index is -0.433. The lowest BCUT2D eigenvalue weighted by Crippen LogP contribution is -2.15. The third-order valence-electron chi connectivity index (χ3n) is 3.33. The highest BCUT2D eigenvalue weighted by atomic mass is 16.5. The van der Waals surface area contributed by atoms with Gasteiger partial charge in [-0.25, -0.2) is 4.79 Å². The number of nitrogens with zero attached hydrogens (tertiary/aromatic N) is 1. The van der Waals surface area contributed by atoms with Crippen LogP contribution >= 0.6 is 0 Å². The van der Waals surface area contributed by atoms with Gasteiger partial charge in [-0.2, -0.15) is 0 Å². The van der Waals surface area contributed by atoms with Gasteiger partial charge in [0.2, 0.25) is 0 Å². The van der Waals surface area contributed by atoms with E-state index in [0.29, 0.717) is 34.6 Å². The van der Waals surface area contributed by atoms with Gasteiger partial charge in [0.15, 0.2) is 0 Å². The summed E-state index contributed by atoms with van der Waals surface area (Å²) in [6.45, 7) is 3.75. The number of rotatable bonds is 5. The van der Waals surface area contributed by atoms with Crippen LogP contribution in [0.1, 0.15) is 45.4 Å². The molecule has 2 N–H and O–H groups in total. The molecule has 1 amide bonds. The highest BCUT2D eigenvalue weighted by molar-refractivity contribution is 6.06. The molecule has 116 valence electrons. The van der Waals surface area contributed by atoms with Crippen molar-refractivity contribution in [3.63, 3.8) is 0 Å². The molecule has 2 heterocycles. The Balaban J connectivity index is 2.37. The van der Waals surface area contributed by atoms with Crippen molar-refractivity contribution in [1.29, 1.82) is 0 Å². The number of hydrogen-bond donors (Lipinski definition) is 2. The molecule has 6 heteroatoms. The molecule has 2 aromatic rings. The maximum atomic E-state index is 12.5. The summed E-state index contributed by atoms with van der Waals surface area (Å²) in [6, 6.07) is 3.49. The summed E-state index contributed by atoms with van der Waals surface area (Å²) in [7, 11) is 1.33. The van der Waals surface area contributed by atoms with Crippen LogP contribution in [0, 0.1) is 6.92 Å². The second-order valence-electron chi connectivity index (χ2n) is 4.92. The number of nitrogens with one attached hydrogen (secondary N) is 2. The van der Waals surface area contributed by atoms with E-state index in [-0.39, 0.29) is 5.91 Å². The highest BCUT2D eigenvalue weighted by Crippen LogP contribution is 2.22. The zero-order valence-electron chi connectivity index (χ0n) is 12.9. The molecule has 0 unspecified atom stereocenters. The van der Waals surface area contributed by atoms with Crippen LogP contribution in [0.15, 0.2) is 24.5 Å². The fourth-order valence-corrected chi connectivity index (χ4v) is 2.38. The number of anilines is 1. The highest BCUT2D eigenvalue weighted by Gasteiger charge is 2.24. The van der Waals surface area contributed by atoms with E-state index in [0.717, 1.165) is 6.42 Å². The van der Waals surface area contributed by atoms with Crippen LogP contribution < -0.4 is 5.32 Å². The number of H-pyrrole nitrogens is 1. The lowest BCUT2D eigenvalue weighted by atomic mass is 10.0. The van der Waals surface area contributed by atoms with Crippen LogP contribution in [-0.2, 0) is 11.2 Å². The number of aromatic nitrogens is 2. The second kappa shape index (κ2) is 6.89. The lowest BCUT2D eigenvalue weighted by molar-refractivity contribution is 0.0599. The van der Waals surface area contributed by atoms with Gasteiger partial charge in [0.1, 0.15) is 5.69 Å². The van der Waals surface area contributed by atoms with E-state index < -0.39 is 5.97 Å². The summed E-state index contributed by atoms with van der Waals surface area (Å²) in [6.07, 6.45) is 4.62. The van der Waals surface area contributed by atoms with Gasteiger partial charge in [0.05, 0.1) is 24.6 Å². The summed E-state index contributed by atoms with van der Waals surface area (Å²) in [5.74, 6) is -0.729. The van der Waals surface area contributed by atoms with Crippen molar-refractivity contribution in [3.05, 3.63) is 47.0 Å². The maximum absolute atomic E-state index is 12.5. The Hall–Kier alpha value is -2.63. The first-order valence-electron chi connectivity index (χ1n) is 7.09. The third-order valence-corrected chi connectivity index (χ3v) is 3.33. The minimum Gasteiger partial charge on any atom is -0.465 e. The Bertz CT molecular complexity index is 677. The van der Waals surface area contributed by atoms with Gasteiger partial charge < -0.3 is 15.0 Å². The van der Waals surface area contributed by atoms with Crippen LogP contribution in [-0.4, -0.2) is 29.0 Å². The molecule has 2 rings (SSSR count). The molecule has 22 heavy (non-hydrogen) atoms. The average molecular weight is 301 g/mol. The first kappa shape index (κ1) is 15.8. The number of carbonyl (C=O) groups is 2. The molecule has 0 radical (unpaired) electrons. The fraction of sp³-hybridized carbons (Fsp3) is 0.312. The van der Waals surface area contributed by atoms with E-state index in [2.05, 4.69) is 15.3 Å². The van der Waals surface area contributed by atoms with E-state index in [1.54, 1.807) is 31.5 Å². The van der Waals surface area contributed by atoms with Gasteiger partial charge in [0, 0.05) is 11.9 Å². The summed E-state index contributed by atoms with van der Waals surface area (Å²) in [5.41, 5.74) is 2.76. The molecule has 0 spiro atoms. The average Bonchev–Trinajstić information content (AvgIpc) is 2.84. The zero-order valence-corrected chi connectivity index (χ0v) is 12.9. The number of aryl methyl sites for hydroxylation is 1. The predicted octanol–water partition coefficient (Wildman–Crippen LogP) is 2.71. The van der Waals surface area contributed by atoms with Crippen LogP contribution in [0.5, 0.6) is 0 Å². The monoisotopic (exact) mass is 301 g/mol. The van der Waals surface area contributed by atoms with Gasteiger partial charge in [-0.05, 0) is 31.0 Å². The molecule has 0 bridgehead atoms. The lowest BCUT2D eigenvalue weighted by Gasteiger charge is -2.07. The number of methoxy groups -OCH3 is 1. The summed E-state index contributed by atoms with van der Waals surface area (Å²) in [5, 5.41) is 2.77. The first-order valence-corrected chi connectivity index (χ1v) is 7.09. The van der Waals surface area contributed by atoms with Crippen molar-refractivity contribution in [2.75, 3.05) is 12.4 Å². The maximum Gasteiger partial charge on any atom is 0.339 e. The molecule has 0 aliphatic heterocycles. The van der Waals surface area contributed by atoms with E-state index in [4.69, 9.17) is 4.74 Å². The SMILES string of the molecule is CCCc1c(C(=O)Nc2cccnc2)[nH]c(C)c1C(=O)OC. The molecule has 6 nitrogen and oxygen atoms in total. The van der Waals surface area contributed by atoms with E-state index >= 15 is 0 Å². The Kier molecular flexibility index (Phi) is 4.93. The van der Waals surface area contributed by atoms with Gasteiger partial charge in [0.25, 0.3) is 5.91 Å². The number of pyridine rings is 1. The van der Waals surface area contributed by atoms with Crippen LogP contribution in [0.25, 0.3) is 0 Å². The molecule has 2 aromatic heterocycles. The molecular weight excluding hydrogens is 282 g/mol. The normalized spacial score (nSPS) is 10.3. The molecule has 0 saturated carbocycles. The smallest absolute Gasteiger partial charge is 0.339 e. The molecule has 0 aromatic carbocycles. The minimum absolute atomic E-state index is 0.297. The molecule has 0 aliphatic carbocycles. The van der Waals surface area contributed by atoms with Gasteiger partial charge in [-0.3, -0.25) is 9.78 Å². The van der Waals surface area contributed by atoms with Crippen molar-refractivity contribution < 1.29 is 14.3 Å².